The van der Waals surface area contributed by atoms with Gasteiger partial charge in [-0.05, 0) is 19.8 Å². The Morgan fingerprint density at radius 1 is 1.44 bits per heavy atom. The summed E-state index contributed by atoms with van der Waals surface area (Å²) >= 11 is 1.68. The van der Waals surface area contributed by atoms with Crippen molar-refractivity contribution in [2.24, 2.45) is 0 Å². The Morgan fingerprint density at radius 2 is 2.19 bits per heavy atom. The van der Waals surface area contributed by atoms with Crippen molar-refractivity contribution in [1.29, 1.82) is 0 Å². The van der Waals surface area contributed by atoms with Gasteiger partial charge in [-0.1, -0.05) is 13.8 Å². The van der Waals surface area contributed by atoms with Gasteiger partial charge in [0.05, 0.1) is 5.69 Å². The highest BCUT2D eigenvalue weighted by Crippen LogP contribution is 2.17. The van der Waals surface area contributed by atoms with Crippen molar-refractivity contribution in [3.05, 3.63) is 23.5 Å². The fourth-order valence-electron chi connectivity index (χ4n) is 1.92. The first-order valence-electron chi connectivity index (χ1n) is 5.92. The molecule has 2 rings (SSSR count). The fourth-order valence-corrected chi connectivity index (χ4v) is 2.62. The topological polar surface area (TPSA) is 29.3 Å². The van der Waals surface area contributed by atoms with Gasteiger partial charge in [0.25, 0.3) is 0 Å². The lowest BCUT2D eigenvalue weighted by Gasteiger charge is -2.19. The zero-order valence-electron chi connectivity index (χ0n) is 10.1. The first-order chi connectivity index (χ1) is 7.74. The van der Waals surface area contributed by atoms with E-state index in [2.05, 4.69) is 53.2 Å². The molecule has 0 radical (unpaired) electrons. The van der Waals surface area contributed by atoms with E-state index in [-0.39, 0.29) is 0 Å². The summed E-state index contributed by atoms with van der Waals surface area (Å²) in [6.07, 6.45) is 6.51. The molecule has 0 saturated carbocycles. The minimum absolute atomic E-state index is 0.331. The number of thiazole rings is 1. The summed E-state index contributed by atoms with van der Waals surface area (Å²) in [5, 5.41) is 5.67. The van der Waals surface area contributed by atoms with E-state index in [1.165, 1.54) is 12.8 Å². The molecule has 0 aromatic carbocycles. The molecular weight excluding hydrogens is 218 g/mol. The highest BCUT2D eigenvalue weighted by atomic mass is 32.1. The number of hydrogen-bond acceptors (Lipinski definition) is 3. The molecule has 3 nitrogen and oxygen atoms in total. The monoisotopic (exact) mass is 237 g/mol. The Labute approximate surface area is 101 Å². The Kier molecular flexibility index (Phi) is 3.61. The zero-order chi connectivity index (χ0) is 11.5. The quantitative estimate of drug-likeness (QED) is 0.865. The predicted molar refractivity (Wildman–Crippen MR) is 69.0 cm³/mol. The summed E-state index contributed by atoms with van der Waals surface area (Å²) in [6.45, 7) is 6.63. The second-order valence-electron chi connectivity index (χ2n) is 4.16. The lowest BCUT2D eigenvalue weighted by Crippen LogP contribution is -2.30. The van der Waals surface area contributed by atoms with Crippen molar-refractivity contribution >= 4 is 16.3 Å². The molecule has 0 saturated heterocycles. The van der Waals surface area contributed by atoms with Crippen LogP contribution in [0.4, 0.5) is 0 Å². The number of rotatable bonds is 5. The number of hydrogen-bond donors (Lipinski definition) is 1. The van der Waals surface area contributed by atoms with Crippen LogP contribution in [0.15, 0.2) is 17.8 Å². The van der Waals surface area contributed by atoms with E-state index in [1.807, 2.05) is 0 Å². The molecule has 2 heterocycles. The lowest BCUT2D eigenvalue weighted by molar-refractivity contribution is 0.428. The molecule has 88 valence electrons. The first kappa shape index (κ1) is 11.6. The number of nitrogens with zero attached hydrogens (tertiary/aromatic N) is 2. The molecule has 16 heavy (non-hydrogen) atoms. The minimum Gasteiger partial charge on any atom is -0.306 e. The van der Waals surface area contributed by atoms with Gasteiger partial charge >= 0.3 is 0 Å². The molecule has 1 N–H and O–H groups in total. The third kappa shape index (κ3) is 2.28. The van der Waals surface area contributed by atoms with E-state index < -0.39 is 0 Å². The molecule has 2 aromatic rings. The highest BCUT2D eigenvalue weighted by Gasteiger charge is 2.13. The van der Waals surface area contributed by atoms with Crippen LogP contribution in [0.1, 0.15) is 45.3 Å². The van der Waals surface area contributed by atoms with Crippen molar-refractivity contribution < 1.29 is 0 Å². The number of imidazole rings is 1. The normalized spacial score (nSPS) is 13.8. The van der Waals surface area contributed by atoms with E-state index >= 15 is 0 Å². The molecular formula is C12H19N3S. The molecule has 2 aromatic heterocycles. The number of aromatic nitrogens is 2. The average Bonchev–Trinajstić information content (AvgIpc) is 2.85. The van der Waals surface area contributed by atoms with Gasteiger partial charge in [0.15, 0.2) is 4.96 Å². The van der Waals surface area contributed by atoms with Crippen LogP contribution in [0.2, 0.25) is 0 Å². The van der Waals surface area contributed by atoms with Crippen molar-refractivity contribution in [3.8, 4) is 0 Å². The summed E-state index contributed by atoms with van der Waals surface area (Å²) in [4.78, 5) is 5.69. The second-order valence-corrected chi connectivity index (χ2v) is 5.03. The third-order valence-corrected chi connectivity index (χ3v) is 3.80. The van der Waals surface area contributed by atoms with E-state index in [1.54, 1.807) is 11.3 Å². The Balaban J connectivity index is 2.09. The lowest BCUT2D eigenvalue weighted by atomic mass is 10.1. The van der Waals surface area contributed by atoms with Crippen molar-refractivity contribution in [1.82, 2.24) is 14.7 Å². The van der Waals surface area contributed by atoms with Crippen LogP contribution in [0.3, 0.4) is 0 Å². The Hall–Kier alpha value is -0.870. The molecule has 0 aliphatic heterocycles. The molecule has 1 unspecified atom stereocenters. The second kappa shape index (κ2) is 4.97. The minimum atomic E-state index is 0.331. The molecule has 0 amide bonds. The first-order valence-corrected chi connectivity index (χ1v) is 6.80. The maximum atomic E-state index is 4.61. The van der Waals surface area contributed by atoms with Crippen LogP contribution >= 0.6 is 11.3 Å². The van der Waals surface area contributed by atoms with Gasteiger partial charge in [-0.15, -0.1) is 11.3 Å². The number of nitrogens with one attached hydrogen (secondary N) is 1. The van der Waals surface area contributed by atoms with E-state index in [0.717, 1.165) is 10.7 Å². The SMILES string of the molecule is CCC(CC)NC(C)c1cn2ccsc2n1. The standard InChI is InChI=1S/C12H19N3S/c1-4-10(5-2)13-9(3)11-8-15-6-7-16-12(15)14-11/h6-10,13H,4-5H2,1-3H3. The van der Waals surface area contributed by atoms with E-state index in [9.17, 15) is 0 Å². The van der Waals surface area contributed by atoms with Crippen LogP contribution in [0.25, 0.3) is 4.96 Å². The Bertz CT molecular complexity index is 413. The smallest absolute Gasteiger partial charge is 0.193 e. The molecule has 0 aliphatic carbocycles. The van der Waals surface area contributed by atoms with Gasteiger partial charge in [0, 0.05) is 29.9 Å². The predicted octanol–water partition coefficient (Wildman–Crippen LogP) is 3.24. The van der Waals surface area contributed by atoms with Gasteiger partial charge in [0.1, 0.15) is 0 Å². The van der Waals surface area contributed by atoms with Crippen LogP contribution in [-0.2, 0) is 0 Å². The summed E-state index contributed by atoms with van der Waals surface area (Å²) in [6, 6.07) is 0.923. The van der Waals surface area contributed by atoms with Crippen LogP contribution in [0.5, 0.6) is 0 Å². The highest BCUT2D eigenvalue weighted by molar-refractivity contribution is 7.15. The maximum absolute atomic E-state index is 4.61. The van der Waals surface area contributed by atoms with Crippen molar-refractivity contribution in [2.75, 3.05) is 0 Å². The molecule has 0 spiro atoms. The van der Waals surface area contributed by atoms with Gasteiger partial charge < -0.3 is 5.32 Å². The summed E-state index contributed by atoms with van der Waals surface area (Å²) in [7, 11) is 0. The molecule has 1 atom stereocenters. The van der Waals surface area contributed by atoms with Crippen molar-refractivity contribution in [3.63, 3.8) is 0 Å². The largest absolute Gasteiger partial charge is 0.306 e. The average molecular weight is 237 g/mol. The molecule has 0 bridgehead atoms. The summed E-state index contributed by atoms with van der Waals surface area (Å²) in [5.41, 5.74) is 1.14. The van der Waals surface area contributed by atoms with Gasteiger partial charge in [0.2, 0.25) is 0 Å². The summed E-state index contributed by atoms with van der Waals surface area (Å²) in [5.74, 6) is 0. The van der Waals surface area contributed by atoms with E-state index in [0.29, 0.717) is 12.1 Å². The van der Waals surface area contributed by atoms with Gasteiger partial charge in [-0.2, -0.15) is 0 Å². The van der Waals surface area contributed by atoms with Crippen LogP contribution in [0, 0.1) is 0 Å². The Morgan fingerprint density at radius 3 is 2.81 bits per heavy atom. The van der Waals surface area contributed by atoms with Crippen molar-refractivity contribution in [2.45, 2.75) is 45.7 Å². The number of fused-ring (bicyclic) bond motifs is 1. The van der Waals surface area contributed by atoms with Crippen LogP contribution in [-0.4, -0.2) is 15.4 Å². The van der Waals surface area contributed by atoms with Crippen LogP contribution < -0.4 is 5.32 Å². The molecule has 0 fully saturated rings. The zero-order valence-corrected chi connectivity index (χ0v) is 10.9. The van der Waals surface area contributed by atoms with Gasteiger partial charge in [-0.25, -0.2) is 4.98 Å². The molecule has 4 heteroatoms. The van der Waals surface area contributed by atoms with E-state index in [4.69, 9.17) is 0 Å². The van der Waals surface area contributed by atoms with Gasteiger partial charge in [-0.3, -0.25) is 4.40 Å². The third-order valence-electron chi connectivity index (χ3n) is 3.03. The fraction of sp³-hybridized carbons (Fsp3) is 0.583. The molecule has 0 aliphatic rings. The summed E-state index contributed by atoms with van der Waals surface area (Å²) < 4.78 is 2.09. The maximum Gasteiger partial charge on any atom is 0.193 e.